The number of hydrogen-bond donors (Lipinski definition) is 2. The van der Waals surface area contributed by atoms with E-state index in [1.54, 1.807) is 19.9 Å². The SMILES string of the molecule is CCONC(=O)c1cc(F)c(F)c(F)c1Nc1ncc(C)cc1C. The highest BCUT2D eigenvalue weighted by molar-refractivity contribution is 6.00. The Kier molecular flexibility index (Phi) is 5.40. The van der Waals surface area contributed by atoms with Gasteiger partial charge >= 0.3 is 0 Å². The molecule has 2 N–H and O–H groups in total. The van der Waals surface area contributed by atoms with Gasteiger partial charge in [0, 0.05) is 6.20 Å². The van der Waals surface area contributed by atoms with Crippen LogP contribution in [-0.4, -0.2) is 17.5 Å². The molecule has 8 heteroatoms. The van der Waals surface area contributed by atoms with Crippen molar-refractivity contribution in [1.29, 1.82) is 0 Å². The summed E-state index contributed by atoms with van der Waals surface area (Å²) >= 11 is 0. The number of pyridine rings is 1. The first kappa shape index (κ1) is 17.7. The predicted octanol–water partition coefficient (Wildman–Crippen LogP) is 3.54. The molecule has 0 aliphatic carbocycles. The van der Waals surface area contributed by atoms with Gasteiger partial charge in [-0.15, -0.1) is 0 Å². The molecule has 0 saturated carbocycles. The second-order valence-corrected chi connectivity index (χ2v) is 5.08. The zero-order valence-corrected chi connectivity index (χ0v) is 13.3. The number of aromatic nitrogens is 1. The van der Waals surface area contributed by atoms with Gasteiger partial charge in [0.05, 0.1) is 17.9 Å². The number of carbonyl (C=O) groups excluding carboxylic acids is 1. The lowest BCUT2D eigenvalue weighted by Gasteiger charge is -2.15. The first-order chi connectivity index (χ1) is 11.3. The summed E-state index contributed by atoms with van der Waals surface area (Å²) in [5.41, 5.74) is 2.57. The topological polar surface area (TPSA) is 63.2 Å². The van der Waals surface area contributed by atoms with E-state index >= 15 is 0 Å². The number of halogens is 3. The fourth-order valence-corrected chi connectivity index (χ4v) is 2.05. The first-order valence-corrected chi connectivity index (χ1v) is 7.15. The van der Waals surface area contributed by atoms with E-state index in [-0.39, 0.29) is 12.4 Å². The molecule has 2 aromatic rings. The van der Waals surface area contributed by atoms with Crippen molar-refractivity contribution in [2.45, 2.75) is 20.8 Å². The summed E-state index contributed by atoms with van der Waals surface area (Å²) in [6.45, 7) is 5.30. The normalized spacial score (nSPS) is 10.6. The summed E-state index contributed by atoms with van der Waals surface area (Å²) in [7, 11) is 0. The number of hydrogen-bond acceptors (Lipinski definition) is 4. The number of anilines is 2. The zero-order valence-electron chi connectivity index (χ0n) is 13.3. The van der Waals surface area contributed by atoms with Gasteiger partial charge in [-0.25, -0.2) is 23.6 Å². The highest BCUT2D eigenvalue weighted by Crippen LogP contribution is 2.29. The molecule has 0 aliphatic rings. The highest BCUT2D eigenvalue weighted by Gasteiger charge is 2.23. The van der Waals surface area contributed by atoms with E-state index in [1.807, 2.05) is 12.4 Å². The molecule has 5 nitrogen and oxygen atoms in total. The summed E-state index contributed by atoms with van der Waals surface area (Å²) in [6.07, 6.45) is 1.52. The summed E-state index contributed by atoms with van der Waals surface area (Å²) in [4.78, 5) is 20.8. The Morgan fingerprint density at radius 3 is 2.54 bits per heavy atom. The standard InChI is InChI=1S/C16H16F3N3O2/c1-4-24-22-16(23)10-6-11(17)12(18)13(19)14(10)21-15-9(3)5-8(2)7-20-15/h5-7H,4H2,1-3H3,(H,20,21)(H,22,23). The molecule has 1 heterocycles. The zero-order chi connectivity index (χ0) is 17.9. The van der Waals surface area contributed by atoms with Crippen LogP contribution in [0.3, 0.4) is 0 Å². The molecule has 0 atom stereocenters. The monoisotopic (exact) mass is 339 g/mol. The average molecular weight is 339 g/mol. The van der Waals surface area contributed by atoms with Crippen LogP contribution in [0.15, 0.2) is 18.3 Å². The largest absolute Gasteiger partial charge is 0.337 e. The lowest BCUT2D eigenvalue weighted by Crippen LogP contribution is -2.25. The van der Waals surface area contributed by atoms with E-state index in [9.17, 15) is 18.0 Å². The van der Waals surface area contributed by atoms with Crippen LogP contribution in [0.1, 0.15) is 28.4 Å². The second kappa shape index (κ2) is 7.31. The quantitative estimate of drug-likeness (QED) is 0.646. The Morgan fingerprint density at radius 1 is 1.21 bits per heavy atom. The smallest absolute Gasteiger partial charge is 0.277 e. The predicted molar refractivity (Wildman–Crippen MR) is 82.4 cm³/mol. The second-order valence-electron chi connectivity index (χ2n) is 5.08. The van der Waals surface area contributed by atoms with Gasteiger partial charge in [-0.3, -0.25) is 9.63 Å². The fraction of sp³-hybridized carbons (Fsp3) is 0.250. The van der Waals surface area contributed by atoms with Crippen LogP contribution in [0, 0.1) is 31.3 Å². The van der Waals surface area contributed by atoms with E-state index in [0.29, 0.717) is 11.6 Å². The molecule has 0 radical (unpaired) electrons. The molecule has 1 aromatic heterocycles. The maximum atomic E-state index is 14.2. The van der Waals surface area contributed by atoms with Crippen molar-refractivity contribution in [3.8, 4) is 0 Å². The Balaban J connectivity index is 2.50. The van der Waals surface area contributed by atoms with Crippen molar-refractivity contribution >= 4 is 17.4 Å². The highest BCUT2D eigenvalue weighted by atomic mass is 19.2. The molecule has 24 heavy (non-hydrogen) atoms. The molecule has 1 amide bonds. The number of nitrogens with zero attached hydrogens (tertiary/aromatic N) is 1. The Hall–Kier alpha value is -2.61. The molecular formula is C16H16F3N3O2. The van der Waals surface area contributed by atoms with Crippen LogP contribution in [0.2, 0.25) is 0 Å². The van der Waals surface area contributed by atoms with Gasteiger partial charge in [-0.1, -0.05) is 6.07 Å². The van der Waals surface area contributed by atoms with Crippen molar-refractivity contribution in [3.63, 3.8) is 0 Å². The average Bonchev–Trinajstić information content (AvgIpc) is 2.54. The third-order valence-corrected chi connectivity index (χ3v) is 3.17. The van der Waals surface area contributed by atoms with Gasteiger partial charge in [0.1, 0.15) is 5.82 Å². The molecular weight excluding hydrogens is 323 g/mol. The third kappa shape index (κ3) is 3.65. The summed E-state index contributed by atoms with van der Waals surface area (Å²) in [5, 5.41) is 2.55. The van der Waals surface area contributed by atoms with Gasteiger partial charge in [0.15, 0.2) is 17.5 Å². The number of rotatable bonds is 5. The van der Waals surface area contributed by atoms with E-state index in [1.165, 1.54) is 6.20 Å². The number of hydroxylamine groups is 1. The van der Waals surface area contributed by atoms with Crippen LogP contribution in [0.5, 0.6) is 0 Å². The molecule has 2 rings (SSSR count). The van der Waals surface area contributed by atoms with Crippen LogP contribution >= 0.6 is 0 Å². The molecule has 0 bridgehead atoms. The van der Waals surface area contributed by atoms with Crippen LogP contribution in [-0.2, 0) is 4.84 Å². The summed E-state index contributed by atoms with van der Waals surface area (Å²) in [5.74, 6) is -5.38. The summed E-state index contributed by atoms with van der Waals surface area (Å²) in [6, 6.07) is 2.37. The number of nitrogens with one attached hydrogen (secondary N) is 2. The van der Waals surface area contributed by atoms with Gasteiger partial charge in [0.2, 0.25) is 0 Å². The minimum atomic E-state index is -1.68. The van der Waals surface area contributed by atoms with Gasteiger partial charge in [-0.2, -0.15) is 0 Å². The van der Waals surface area contributed by atoms with Gasteiger partial charge in [-0.05, 0) is 38.0 Å². The van der Waals surface area contributed by atoms with Crippen molar-refractivity contribution in [3.05, 3.63) is 52.5 Å². The number of amides is 1. The Bertz CT molecular complexity index is 782. The maximum Gasteiger partial charge on any atom is 0.277 e. The molecule has 0 unspecified atom stereocenters. The molecule has 128 valence electrons. The number of carbonyl (C=O) groups is 1. The Labute approximate surface area is 136 Å². The van der Waals surface area contributed by atoms with E-state index < -0.39 is 34.6 Å². The molecule has 1 aromatic carbocycles. The van der Waals surface area contributed by atoms with Crippen molar-refractivity contribution in [2.24, 2.45) is 0 Å². The van der Waals surface area contributed by atoms with Crippen LogP contribution in [0.25, 0.3) is 0 Å². The minimum Gasteiger partial charge on any atom is -0.337 e. The summed E-state index contributed by atoms with van der Waals surface area (Å²) < 4.78 is 41.3. The first-order valence-electron chi connectivity index (χ1n) is 7.15. The van der Waals surface area contributed by atoms with Crippen LogP contribution in [0.4, 0.5) is 24.7 Å². The third-order valence-electron chi connectivity index (χ3n) is 3.17. The van der Waals surface area contributed by atoms with Crippen molar-refractivity contribution in [1.82, 2.24) is 10.5 Å². The van der Waals surface area contributed by atoms with Gasteiger partial charge in [0.25, 0.3) is 5.91 Å². The molecule has 0 saturated heterocycles. The van der Waals surface area contributed by atoms with E-state index in [2.05, 4.69) is 10.3 Å². The fourth-order valence-electron chi connectivity index (χ4n) is 2.05. The van der Waals surface area contributed by atoms with Crippen LogP contribution < -0.4 is 10.8 Å². The van der Waals surface area contributed by atoms with Crippen molar-refractivity contribution < 1.29 is 22.8 Å². The van der Waals surface area contributed by atoms with E-state index in [4.69, 9.17) is 4.84 Å². The number of aryl methyl sites for hydroxylation is 2. The molecule has 0 fully saturated rings. The Morgan fingerprint density at radius 2 is 1.92 bits per heavy atom. The lowest BCUT2D eigenvalue weighted by molar-refractivity contribution is 0.0364. The van der Waals surface area contributed by atoms with Gasteiger partial charge < -0.3 is 5.32 Å². The molecule has 0 spiro atoms. The minimum absolute atomic E-state index is 0.152. The van der Waals surface area contributed by atoms with Crippen molar-refractivity contribution in [2.75, 3.05) is 11.9 Å². The number of benzene rings is 1. The van der Waals surface area contributed by atoms with E-state index in [0.717, 1.165) is 5.56 Å². The lowest BCUT2D eigenvalue weighted by atomic mass is 10.1. The molecule has 0 aliphatic heterocycles. The maximum absolute atomic E-state index is 14.2.